The minimum Gasteiger partial charge on any atom is -0.443 e. The lowest BCUT2D eigenvalue weighted by molar-refractivity contribution is 0.0504. The fraction of sp³-hybridized carbons (Fsp3) is 0.800. The van der Waals surface area contributed by atoms with Crippen molar-refractivity contribution in [2.24, 2.45) is 0 Å². The fourth-order valence-electron chi connectivity index (χ4n) is 0.849. The van der Waals surface area contributed by atoms with Gasteiger partial charge in [0.15, 0.2) is 0 Å². The molecule has 0 aliphatic rings. The summed E-state index contributed by atoms with van der Waals surface area (Å²) in [4.78, 5) is 24.3. The highest BCUT2D eigenvalue weighted by molar-refractivity contribution is 5.77. The zero-order valence-corrected chi connectivity index (χ0v) is 11.1. The van der Waals surface area contributed by atoms with Gasteiger partial charge >= 0.3 is 12.1 Å². The van der Waals surface area contributed by atoms with Crippen LogP contribution in [-0.4, -0.2) is 49.8 Å². The number of ether oxygens (including phenoxy) is 1. The van der Waals surface area contributed by atoms with Gasteiger partial charge in [-0.2, -0.15) is 0 Å². The van der Waals surface area contributed by atoms with E-state index in [1.165, 1.54) is 0 Å². The van der Waals surface area contributed by atoms with E-state index in [-0.39, 0.29) is 0 Å². The number of likely N-dealkylation sites (N-methyl/N-ethyl adjacent to an activating group) is 1. The first-order valence-electron chi connectivity index (χ1n) is 5.38. The van der Waals surface area contributed by atoms with Crippen molar-refractivity contribution < 1.29 is 14.3 Å². The number of amides is 3. The molecule has 100 valence electrons. The molecule has 0 saturated carbocycles. The molecule has 3 amide bonds. The highest BCUT2D eigenvalue weighted by atomic mass is 16.6. The van der Waals surface area contributed by atoms with Crippen LogP contribution in [0.2, 0.25) is 0 Å². The lowest BCUT2D eigenvalue weighted by atomic mass is 10.2. The van der Waals surface area contributed by atoms with Crippen molar-refractivity contribution in [2.45, 2.75) is 26.4 Å². The quantitative estimate of drug-likeness (QED) is 0.625. The molecule has 0 aliphatic heterocycles. The molecular weight excluding hydrogens is 224 g/mol. The molecule has 0 bridgehead atoms. The molecule has 0 atom stereocenters. The Morgan fingerprint density at radius 1 is 1.18 bits per heavy atom. The molecule has 3 N–H and O–H groups in total. The first kappa shape index (κ1) is 15.5. The SMILES string of the molecule is CN(C)CCNC(=O)NNC(=O)OC(C)(C)C. The van der Waals surface area contributed by atoms with Gasteiger partial charge in [-0.25, -0.2) is 20.4 Å². The lowest BCUT2D eigenvalue weighted by Crippen LogP contribution is -2.49. The molecule has 0 spiro atoms. The molecule has 0 aromatic heterocycles. The van der Waals surface area contributed by atoms with Crippen molar-refractivity contribution in [3.8, 4) is 0 Å². The van der Waals surface area contributed by atoms with Crippen LogP contribution in [0.1, 0.15) is 20.8 Å². The molecule has 0 saturated heterocycles. The molecule has 7 heteroatoms. The van der Waals surface area contributed by atoms with E-state index in [4.69, 9.17) is 4.74 Å². The predicted molar refractivity (Wildman–Crippen MR) is 64.5 cm³/mol. The Balaban J connectivity index is 3.67. The van der Waals surface area contributed by atoms with Crippen molar-refractivity contribution in [1.29, 1.82) is 0 Å². The number of carbonyl (C=O) groups is 2. The molecule has 7 nitrogen and oxygen atoms in total. The monoisotopic (exact) mass is 246 g/mol. The molecule has 0 unspecified atom stereocenters. The summed E-state index contributed by atoms with van der Waals surface area (Å²) in [5.41, 5.74) is 3.74. The summed E-state index contributed by atoms with van der Waals surface area (Å²) in [6.07, 6.45) is -0.694. The number of urea groups is 1. The Kier molecular flexibility index (Phi) is 6.34. The maximum absolute atomic E-state index is 11.2. The molecule has 17 heavy (non-hydrogen) atoms. The van der Waals surface area contributed by atoms with Crippen LogP contribution >= 0.6 is 0 Å². The Bertz CT molecular complexity index is 261. The van der Waals surface area contributed by atoms with E-state index in [9.17, 15) is 9.59 Å². The number of hydrazine groups is 1. The Labute approximate surface area is 102 Å². The Morgan fingerprint density at radius 3 is 2.24 bits per heavy atom. The Morgan fingerprint density at radius 2 is 1.76 bits per heavy atom. The minimum atomic E-state index is -0.694. The van der Waals surface area contributed by atoms with Gasteiger partial charge in [0.05, 0.1) is 0 Å². The van der Waals surface area contributed by atoms with Crippen LogP contribution < -0.4 is 16.2 Å². The third kappa shape index (κ3) is 10.8. The average molecular weight is 246 g/mol. The normalized spacial score (nSPS) is 10.9. The van der Waals surface area contributed by atoms with E-state index in [2.05, 4.69) is 16.2 Å². The molecular formula is C10H22N4O3. The number of nitrogens with one attached hydrogen (secondary N) is 3. The summed E-state index contributed by atoms with van der Waals surface area (Å²) in [7, 11) is 3.80. The topological polar surface area (TPSA) is 82.7 Å². The van der Waals surface area contributed by atoms with Crippen LogP contribution in [0.4, 0.5) is 9.59 Å². The summed E-state index contributed by atoms with van der Waals surface area (Å²) in [6, 6.07) is -0.474. The maximum atomic E-state index is 11.2. The second-order valence-electron chi connectivity index (χ2n) is 4.81. The first-order valence-corrected chi connectivity index (χ1v) is 5.38. The molecule has 0 aliphatic carbocycles. The van der Waals surface area contributed by atoms with Gasteiger partial charge in [-0.3, -0.25) is 0 Å². The van der Waals surface area contributed by atoms with Crippen molar-refractivity contribution in [2.75, 3.05) is 27.2 Å². The smallest absolute Gasteiger partial charge is 0.426 e. The number of nitrogens with zero attached hydrogens (tertiary/aromatic N) is 1. The van der Waals surface area contributed by atoms with Gasteiger partial charge in [-0.15, -0.1) is 0 Å². The van der Waals surface area contributed by atoms with Crippen molar-refractivity contribution in [1.82, 2.24) is 21.1 Å². The van der Waals surface area contributed by atoms with Crippen LogP contribution in [0.15, 0.2) is 0 Å². The number of carbonyl (C=O) groups excluding carboxylic acids is 2. The van der Waals surface area contributed by atoms with Crippen LogP contribution in [0.3, 0.4) is 0 Å². The summed E-state index contributed by atoms with van der Waals surface area (Å²) in [5.74, 6) is 0. The van der Waals surface area contributed by atoms with Crippen molar-refractivity contribution >= 4 is 12.1 Å². The van der Waals surface area contributed by atoms with Crippen LogP contribution in [0.25, 0.3) is 0 Å². The third-order valence-electron chi connectivity index (χ3n) is 1.52. The highest BCUT2D eigenvalue weighted by Gasteiger charge is 2.16. The number of hydrogen-bond donors (Lipinski definition) is 3. The number of rotatable bonds is 3. The molecule has 0 heterocycles. The second-order valence-corrected chi connectivity index (χ2v) is 4.81. The maximum Gasteiger partial charge on any atom is 0.426 e. The van der Waals surface area contributed by atoms with Crippen LogP contribution in [0, 0.1) is 0 Å². The van der Waals surface area contributed by atoms with E-state index in [0.717, 1.165) is 6.54 Å². The molecule has 0 fully saturated rings. The van der Waals surface area contributed by atoms with E-state index < -0.39 is 17.7 Å². The zero-order valence-electron chi connectivity index (χ0n) is 11.1. The summed E-state index contributed by atoms with van der Waals surface area (Å²) in [6.45, 7) is 6.44. The standard InChI is InChI=1S/C10H22N4O3/c1-10(2,3)17-9(16)13-12-8(15)11-6-7-14(4)5/h6-7H2,1-5H3,(H,13,16)(H2,11,12,15). The van der Waals surface area contributed by atoms with Gasteiger partial charge in [0.25, 0.3) is 0 Å². The van der Waals surface area contributed by atoms with Crippen LogP contribution in [-0.2, 0) is 4.74 Å². The van der Waals surface area contributed by atoms with Gasteiger partial charge in [0.2, 0.25) is 0 Å². The van der Waals surface area contributed by atoms with Gasteiger partial charge in [0.1, 0.15) is 5.60 Å². The predicted octanol–water partition coefficient (Wildman–Crippen LogP) is 0.287. The van der Waals surface area contributed by atoms with Gasteiger partial charge in [-0.05, 0) is 34.9 Å². The fourth-order valence-corrected chi connectivity index (χ4v) is 0.849. The van der Waals surface area contributed by atoms with E-state index in [1.54, 1.807) is 20.8 Å². The van der Waals surface area contributed by atoms with Gasteiger partial charge < -0.3 is 15.0 Å². The van der Waals surface area contributed by atoms with Crippen molar-refractivity contribution in [3.05, 3.63) is 0 Å². The summed E-state index contributed by atoms with van der Waals surface area (Å²) in [5, 5.41) is 2.57. The van der Waals surface area contributed by atoms with E-state index in [1.807, 2.05) is 19.0 Å². The Hall–Kier alpha value is -1.50. The van der Waals surface area contributed by atoms with Gasteiger partial charge in [-0.1, -0.05) is 0 Å². The molecule has 0 radical (unpaired) electrons. The third-order valence-corrected chi connectivity index (χ3v) is 1.52. The zero-order chi connectivity index (χ0) is 13.5. The first-order chi connectivity index (χ1) is 7.70. The van der Waals surface area contributed by atoms with E-state index in [0.29, 0.717) is 6.54 Å². The molecule has 0 aromatic carbocycles. The van der Waals surface area contributed by atoms with E-state index >= 15 is 0 Å². The minimum absolute atomic E-state index is 0.474. The second kappa shape index (κ2) is 6.95. The molecule has 0 aromatic rings. The van der Waals surface area contributed by atoms with Crippen molar-refractivity contribution in [3.63, 3.8) is 0 Å². The highest BCUT2D eigenvalue weighted by Crippen LogP contribution is 2.05. The average Bonchev–Trinajstić information content (AvgIpc) is 2.11. The summed E-state index contributed by atoms with van der Waals surface area (Å²) >= 11 is 0. The largest absolute Gasteiger partial charge is 0.443 e. The van der Waals surface area contributed by atoms with Crippen LogP contribution in [0.5, 0.6) is 0 Å². The summed E-state index contributed by atoms with van der Waals surface area (Å²) < 4.78 is 4.93. The number of hydrogen-bond acceptors (Lipinski definition) is 4. The van der Waals surface area contributed by atoms with Gasteiger partial charge in [0, 0.05) is 13.1 Å². The molecule has 0 rings (SSSR count). The lowest BCUT2D eigenvalue weighted by Gasteiger charge is -2.19.